The van der Waals surface area contributed by atoms with Gasteiger partial charge >= 0.3 is 0 Å². The Labute approximate surface area is 168 Å². The molecule has 8 heteroatoms. The van der Waals surface area contributed by atoms with Crippen LogP contribution >= 0.6 is 0 Å². The van der Waals surface area contributed by atoms with Crippen LogP contribution in [0.1, 0.15) is 44.1 Å². The molecule has 0 saturated carbocycles. The first-order valence-electron chi connectivity index (χ1n) is 10.0. The van der Waals surface area contributed by atoms with Gasteiger partial charge in [-0.1, -0.05) is 6.07 Å². The number of anilines is 1. The first-order valence-corrected chi connectivity index (χ1v) is 10.0. The Morgan fingerprint density at radius 2 is 2.00 bits per heavy atom. The van der Waals surface area contributed by atoms with E-state index in [1.807, 2.05) is 0 Å². The van der Waals surface area contributed by atoms with Crippen LogP contribution in [0.2, 0.25) is 0 Å². The van der Waals surface area contributed by atoms with Gasteiger partial charge in [-0.2, -0.15) is 5.11 Å². The van der Waals surface area contributed by atoms with E-state index in [0.717, 1.165) is 48.8 Å². The van der Waals surface area contributed by atoms with Crippen LogP contribution in [0.3, 0.4) is 0 Å². The van der Waals surface area contributed by atoms with E-state index >= 15 is 0 Å². The molecular formula is C21H23FN4O3. The number of benzene rings is 1. The predicted octanol–water partition coefficient (Wildman–Crippen LogP) is 3.16. The van der Waals surface area contributed by atoms with Crippen LogP contribution in [0.5, 0.6) is 0 Å². The van der Waals surface area contributed by atoms with Gasteiger partial charge < -0.3 is 10.2 Å². The molecule has 0 radical (unpaired) electrons. The second-order valence-electron chi connectivity index (χ2n) is 7.73. The number of carbonyl (C=O) groups is 3. The lowest BCUT2D eigenvalue weighted by molar-refractivity contribution is -0.131. The fourth-order valence-electron chi connectivity index (χ4n) is 4.21. The maximum Gasteiger partial charge on any atom is 0.291 e. The Morgan fingerprint density at radius 1 is 1.17 bits per heavy atom. The first-order chi connectivity index (χ1) is 14.0. The lowest BCUT2D eigenvalue weighted by Gasteiger charge is -2.26. The molecule has 2 heterocycles. The van der Waals surface area contributed by atoms with Crippen molar-refractivity contribution in [3.63, 3.8) is 0 Å². The lowest BCUT2D eigenvalue weighted by atomic mass is 9.84. The number of halogens is 1. The van der Waals surface area contributed by atoms with Crippen molar-refractivity contribution in [2.45, 2.75) is 51.0 Å². The smallest absolute Gasteiger partial charge is 0.291 e. The summed E-state index contributed by atoms with van der Waals surface area (Å²) in [5, 5.41) is 10.5. The van der Waals surface area contributed by atoms with Gasteiger partial charge in [-0.3, -0.25) is 14.4 Å². The number of nitrogens with one attached hydrogen (secondary N) is 1. The quantitative estimate of drug-likeness (QED) is 0.826. The molecule has 29 heavy (non-hydrogen) atoms. The predicted molar refractivity (Wildman–Crippen MR) is 104 cm³/mol. The number of amides is 3. The number of carbonyl (C=O) groups excluding carboxylic acids is 3. The zero-order valence-corrected chi connectivity index (χ0v) is 16.1. The SMILES string of the molecule is O=C(CN1CCCC1=O)Nc1cc(CC2N=NC(=O)C3=C2CCCC3)ccc1F. The van der Waals surface area contributed by atoms with E-state index in [9.17, 15) is 18.8 Å². The Morgan fingerprint density at radius 3 is 2.79 bits per heavy atom. The number of rotatable bonds is 5. The lowest BCUT2D eigenvalue weighted by Crippen LogP contribution is -2.34. The van der Waals surface area contributed by atoms with Crippen LogP contribution in [0, 0.1) is 5.82 Å². The van der Waals surface area contributed by atoms with Crippen molar-refractivity contribution in [2.24, 2.45) is 10.2 Å². The molecule has 3 aliphatic rings. The summed E-state index contributed by atoms with van der Waals surface area (Å²) in [4.78, 5) is 37.4. The minimum Gasteiger partial charge on any atom is -0.333 e. The van der Waals surface area contributed by atoms with Crippen LogP contribution in [0.4, 0.5) is 10.1 Å². The Kier molecular flexibility index (Phi) is 5.51. The van der Waals surface area contributed by atoms with Crippen molar-refractivity contribution < 1.29 is 18.8 Å². The molecule has 1 aromatic rings. The molecule has 3 amide bonds. The summed E-state index contributed by atoms with van der Waals surface area (Å²) in [5.41, 5.74) is 2.70. The molecule has 0 spiro atoms. The standard InChI is InChI=1S/C21H23FN4O3/c22-16-8-7-13(10-17-14-4-1-2-5-15(14)21(29)25-24-17)11-18(16)23-19(27)12-26-9-3-6-20(26)28/h7-8,11,17H,1-6,9-10,12H2,(H,23,27). The van der Waals surface area contributed by atoms with Gasteiger partial charge in [0.1, 0.15) is 5.82 Å². The highest BCUT2D eigenvalue weighted by Crippen LogP contribution is 2.34. The van der Waals surface area contributed by atoms with E-state index in [1.54, 1.807) is 12.1 Å². The zero-order valence-electron chi connectivity index (χ0n) is 16.1. The van der Waals surface area contributed by atoms with E-state index in [4.69, 9.17) is 0 Å². The Hall–Kier alpha value is -2.90. The molecule has 7 nitrogen and oxygen atoms in total. The average Bonchev–Trinajstić information content (AvgIpc) is 3.11. The Balaban J connectivity index is 1.46. The van der Waals surface area contributed by atoms with E-state index in [1.165, 1.54) is 11.0 Å². The maximum absolute atomic E-state index is 14.2. The van der Waals surface area contributed by atoms with Crippen molar-refractivity contribution in [2.75, 3.05) is 18.4 Å². The highest BCUT2D eigenvalue weighted by molar-refractivity contribution is 5.96. The number of hydrogen-bond acceptors (Lipinski definition) is 4. The highest BCUT2D eigenvalue weighted by atomic mass is 19.1. The third-order valence-electron chi connectivity index (χ3n) is 5.70. The van der Waals surface area contributed by atoms with Gasteiger partial charge in [-0.25, -0.2) is 4.39 Å². The van der Waals surface area contributed by atoms with E-state index < -0.39 is 11.7 Å². The summed E-state index contributed by atoms with van der Waals surface area (Å²) in [5.74, 6) is -1.24. The van der Waals surface area contributed by atoms with Gasteiger partial charge in [0.25, 0.3) is 5.91 Å². The molecule has 1 fully saturated rings. The summed E-state index contributed by atoms with van der Waals surface area (Å²) < 4.78 is 14.2. The summed E-state index contributed by atoms with van der Waals surface area (Å²) >= 11 is 0. The fourth-order valence-corrected chi connectivity index (χ4v) is 4.21. The van der Waals surface area contributed by atoms with E-state index in [0.29, 0.717) is 19.4 Å². The average molecular weight is 398 g/mol. The first kappa shape index (κ1) is 19.4. The van der Waals surface area contributed by atoms with Crippen molar-refractivity contribution >= 4 is 23.4 Å². The van der Waals surface area contributed by atoms with Gasteiger partial charge in [0.05, 0.1) is 18.3 Å². The Bertz CT molecular complexity index is 925. The van der Waals surface area contributed by atoms with Crippen LogP contribution in [-0.2, 0) is 20.8 Å². The molecule has 1 aliphatic carbocycles. The molecule has 1 N–H and O–H groups in total. The van der Waals surface area contributed by atoms with E-state index in [2.05, 4.69) is 15.5 Å². The highest BCUT2D eigenvalue weighted by Gasteiger charge is 2.29. The van der Waals surface area contributed by atoms with Gasteiger partial charge in [0.15, 0.2) is 0 Å². The molecule has 152 valence electrons. The van der Waals surface area contributed by atoms with Crippen LogP contribution in [-0.4, -0.2) is 41.8 Å². The normalized spacial score (nSPS) is 21.6. The summed E-state index contributed by atoms with van der Waals surface area (Å²) in [6.45, 7) is 0.481. The molecule has 0 bridgehead atoms. The van der Waals surface area contributed by atoms with Crippen molar-refractivity contribution in [1.82, 2.24) is 4.90 Å². The topological polar surface area (TPSA) is 91.2 Å². The third-order valence-corrected chi connectivity index (χ3v) is 5.70. The number of hydrogen-bond donors (Lipinski definition) is 1. The van der Waals surface area contributed by atoms with Gasteiger partial charge in [0, 0.05) is 25.0 Å². The molecule has 1 unspecified atom stereocenters. The van der Waals surface area contributed by atoms with Crippen molar-refractivity contribution in [1.29, 1.82) is 0 Å². The summed E-state index contributed by atoms with van der Waals surface area (Å²) in [7, 11) is 0. The van der Waals surface area contributed by atoms with Crippen LogP contribution in [0.25, 0.3) is 0 Å². The summed E-state index contributed by atoms with van der Waals surface area (Å²) in [6.07, 6.45) is 5.27. The number of nitrogens with zero attached hydrogens (tertiary/aromatic N) is 3. The second-order valence-corrected chi connectivity index (χ2v) is 7.73. The van der Waals surface area contributed by atoms with Crippen molar-refractivity contribution in [3.05, 3.63) is 40.7 Å². The minimum atomic E-state index is -0.534. The molecule has 1 atom stereocenters. The van der Waals surface area contributed by atoms with Crippen LogP contribution < -0.4 is 5.32 Å². The van der Waals surface area contributed by atoms with Gasteiger partial charge in [0.2, 0.25) is 11.8 Å². The summed E-state index contributed by atoms with van der Waals surface area (Å²) in [6, 6.07) is 4.34. The van der Waals surface area contributed by atoms with E-state index in [-0.39, 0.29) is 30.1 Å². The molecule has 0 aromatic heterocycles. The molecule has 1 aromatic carbocycles. The van der Waals surface area contributed by atoms with Crippen LogP contribution in [0.15, 0.2) is 39.6 Å². The molecule has 4 rings (SSSR count). The second kappa shape index (κ2) is 8.23. The maximum atomic E-state index is 14.2. The molecular weight excluding hydrogens is 375 g/mol. The monoisotopic (exact) mass is 398 g/mol. The fraction of sp³-hybridized carbons (Fsp3) is 0.476. The van der Waals surface area contributed by atoms with Gasteiger partial charge in [-0.15, -0.1) is 5.11 Å². The number of azo groups is 1. The number of likely N-dealkylation sites (tertiary alicyclic amines) is 1. The largest absolute Gasteiger partial charge is 0.333 e. The molecule has 1 saturated heterocycles. The third kappa shape index (κ3) is 4.26. The minimum absolute atomic E-state index is 0.0526. The zero-order chi connectivity index (χ0) is 20.4. The molecule has 2 aliphatic heterocycles. The van der Waals surface area contributed by atoms with Gasteiger partial charge in [-0.05, 0) is 55.4 Å². The van der Waals surface area contributed by atoms with Crippen molar-refractivity contribution in [3.8, 4) is 0 Å².